The zero-order valence-corrected chi connectivity index (χ0v) is 8.39. The van der Waals surface area contributed by atoms with E-state index in [1.165, 1.54) is 0 Å². The van der Waals surface area contributed by atoms with Crippen LogP contribution in [0.15, 0.2) is 5.16 Å². The first-order valence-electron chi connectivity index (χ1n) is 5.09. The SMILES string of the molecule is N/C(CCCN1CCCC1CO)=N\O. The number of amidine groups is 1. The van der Waals surface area contributed by atoms with Crippen LogP contribution in [0.4, 0.5) is 0 Å². The first-order valence-corrected chi connectivity index (χ1v) is 5.09. The third-order valence-corrected chi connectivity index (χ3v) is 2.72. The number of aliphatic hydroxyl groups is 1. The quantitative estimate of drug-likeness (QED) is 0.252. The molecule has 0 spiro atoms. The number of oxime groups is 1. The van der Waals surface area contributed by atoms with E-state index in [4.69, 9.17) is 16.0 Å². The maximum absolute atomic E-state index is 9.06. The molecule has 1 rings (SSSR count). The number of nitrogens with two attached hydrogens (primary N) is 1. The molecule has 1 heterocycles. The number of hydrogen-bond acceptors (Lipinski definition) is 4. The van der Waals surface area contributed by atoms with Gasteiger partial charge >= 0.3 is 0 Å². The molecule has 4 N–H and O–H groups in total. The van der Waals surface area contributed by atoms with Crippen LogP contribution in [-0.2, 0) is 0 Å². The van der Waals surface area contributed by atoms with E-state index in [1.807, 2.05) is 0 Å². The van der Waals surface area contributed by atoms with Gasteiger partial charge in [0.05, 0.1) is 6.61 Å². The second kappa shape index (κ2) is 5.82. The van der Waals surface area contributed by atoms with Gasteiger partial charge < -0.3 is 16.0 Å². The van der Waals surface area contributed by atoms with Gasteiger partial charge in [-0.2, -0.15) is 0 Å². The second-order valence-corrected chi connectivity index (χ2v) is 3.71. The van der Waals surface area contributed by atoms with Gasteiger partial charge in [-0.15, -0.1) is 0 Å². The Labute approximate surface area is 84.2 Å². The van der Waals surface area contributed by atoms with Crippen molar-refractivity contribution in [2.24, 2.45) is 10.9 Å². The lowest BCUT2D eigenvalue weighted by Gasteiger charge is -2.22. The number of aliphatic hydroxyl groups excluding tert-OH is 1. The lowest BCUT2D eigenvalue weighted by molar-refractivity contribution is 0.158. The molecule has 0 aromatic carbocycles. The molecule has 0 radical (unpaired) electrons. The van der Waals surface area contributed by atoms with E-state index in [9.17, 15) is 0 Å². The summed E-state index contributed by atoms with van der Waals surface area (Å²) in [6.07, 6.45) is 3.74. The molecule has 5 heteroatoms. The summed E-state index contributed by atoms with van der Waals surface area (Å²) in [7, 11) is 0. The average Bonchev–Trinajstić information content (AvgIpc) is 2.65. The number of nitrogens with zero attached hydrogens (tertiary/aromatic N) is 2. The van der Waals surface area contributed by atoms with Gasteiger partial charge in [-0.25, -0.2) is 0 Å². The smallest absolute Gasteiger partial charge is 0.139 e. The van der Waals surface area contributed by atoms with Crippen molar-refractivity contribution in [3.05, 3.63) is 0 Å². The highest BCUT2D eigenvalue weighted by Crippen LogP contribution is 2.16. The Bertz CT molecular complexity index is 196. The van der Waals surface area contributed by atoms with Crippen LogP contribution < -0.4 is 5.73 Å². The maximum atomic E-state index is 9.06. The summed E-state index contributed by atoms with van der Waals surface area (Å²) in [5, 5.41) is 20.3. The van der Waals surface area contributed by atoms with Crippen LogP contribution in [0.5, 0.6) is 0 Å². The van der Waals surface area contributed by atoms with Gasteiger partial charge in [-0.3, -0.25) is 4.90 Å². The van der Waals surface area contributed by atoms with Crippen molar-refractivity contribution in [3.8, 4) is 0 Å². The molecule has 0 saturated carbocycles. The molecule has 1 atom stereocenters. The molecule has 1 aliphatic heterocycles. The highest BCUT2D eigenvalue weighted by atomic mass is 16.4. The third-order valence-electron chi connectivity index (χ3n) is 2.72. The molecule has 14 heavy (non-hydrogen) atoms. The Morgan fingerprint density at radius 3 is 3.00 bits per heavy atom. The van der Waals surface area contributed by atoms with Crippen LogP contribution >= 0.6 is 0 Å². The van der Waals surface area contributed by atoms with Gasteiger partial charge in [0.1, 0.15) is 5.84 Å². The Morgan fingerprint density at radius 1 is 1.57 bits per heavy atom. The van der Waals surface area contributed by atoms with Crippen molar-refractivity contribution in [3.63, 3.8) is 0 Å². The highest BCUT2D eigenvalue weighted by Gasteiger charge is 2.22. The van der Waals surface area contributed by atoms with Crippen molar-refractivity contribution in [2.75, 3.05) is 19.7 Å². The Kier molecular flexibility index (Phi) is 4.69. The van der Waals surface area contributed by atoms with E-state index < -0.39 is 0 Å². The Morgan fingerprint density at radius 2 is 2.36 bits per heavy atom. The van der Waals surface area contributed by atoms with E-state index in [2.05, 4.69) is 10.1 Å². The van der Waals surface area contributed by atoms with Gasteiger partial charge in [-0.05, 0) is 32.4 Å². The maximum Gasteiger partial charge on any atom is 0.139 e. The topological polar surface area (TPSA) is 82.1 Å². The van der Waals surface area contributed by atoms with Gasteiger partial charge in [-0.1, -0.05) is 5.16 Å². The van der Waals surface area contributed by atoms with Crippen LogP contribution in [0.3, 0.4) is 0 Å². The Balaban J connectivity index is 2.17. The van der Waals surface area contributed by atoms with Gasteiger partial charge in [0.25, 0.3) is 0 Å². The van der Waals surface area contributed by atoms with Crippen LogP contribution in [0.25, 0.3) is 0 Å². The minimum absolute atomic E-state index is 0.240. The first kappa shape index (κ1) is 11.3. The first-order chi connectivity index (χ1) is 6.77. The molecule has 0 amide bonds. The molecule has 0 aromatic rings. The fraction of sp³-hybridized carbons (Fsp3) is 0.889. The summed E-state index contributed by atoms with van der Waals surface area (Å²) < 4.78 is 0. The molecule has 0 bridgehead atoms. The highest BCUT2D eigenvalue weighted by molar-refractivity contribution is 5.79. The van der Waals surface area contributed by atoms with Gasteiger partial charge in [0.15, 0.2) is 0 Å². The molecule has 1 saturated heterocycles. The largest absolute Gasteiger partial charge is 0.409 e. The van der Waals surface area contributed by atoms with Crippen molar-refractivity contribution < 1.29 is 10.3 Å². The van der Waals surface area contributed by atoms with Crippen LogP contribution in [0, 0.1) is 0 Å². The fourth-order valence-electron chi connectivity index (χ4n) is 1.91. The number of rotatable bonds is 5. The summed E-state index contributed by atoms with van der Waals surface area (Å²) in [5.74, 6) is 0.282. The van der Waals surface area contributed by atoms with Crippen LogP contribution in [0.2, 0.25) is 0 Å². The number of hydrogen-bond donors (Lipinski definition) is 3. The number of likely N-dealkylation sites (tertiary alicyclic amines) is 1. The summed E-state index contributed by atoms with van der Waals surface area (Å²) in [6, 6.07) is 0.322. The average molecular weight is 201 g/mol. The Hall–Kier alpha value is -0.810. The lowest BCUT2D eigenvalue weighted by Crippen LogP contribution is -2.33. The van der Waals surface area contributed by atoms with Gasteiger partial charge in [0, 0.05) is 12.5 Å². The van der Waals surface area contributed by atoms with E-state index in [1.54, 1.807) is 0 Å². The lowest BCUT2D eigenvalue weighted by atomic mass is 10.2. The summed E-state index contributed by atoms with van der Waals surface area (Å²) in [5.41, 5.74) is 5.36. The van der Waals surface area contributed by atoms with E-state index in [0.29, 0.717) is 12.5 Å². The minimum Gasteiger partial charge on any atom is -0.409 e. The second-order valence-electron chi connectivity index (χ2n) is 3.71. The van der Waals surface area contributed by atoms with Crippen LogP contribution in [0.1, 0.15) is 25.7 Å². The van der Waals surface area contributed by atoms with E-state index >= 15 is 0 Å². The zero-order chi connectivity index (χ0) is 10.4. The third kappa shape index (κ3) is 3.16. The molecule has 0 aromatic heterocycles. The van der Waals surface area contributed by atoms with Gasteiger partial charge in [0.2, 0.25) is 0 Å². The van der Waals surface area contributed by atoms with Crippen molar-refractivity contribution >= 4 is 5.84 Å². The molecule has 1 aliphatic rings. The molecule has 0 aliphatic carbocycles. The minimum atomic E-state index is 0.240. The monoisotopic (exact) mass is 201 g/mol. The molecular weight excluding hydrogens is 182 g/mol. The van der Waals surface area contributed by atoms with Crippen LogP contribution in [-0.4, -0.2) is 46.8 Å². The predicted molar refractivity (Wildman–Crippen MR) is 54.3 cm³/mol. The standard InChI is InChI=1S/C9H19N3O2/c10-9(11-14)4-2-6-12-5-1-3-8(12)7-13/h8,13-14H,1-7H2,(H2,10,11). The molecule has 82 valence electrons. The van der Waals surface area contributed by atoms with Crippen molar-refractivity contribution in [1.29, 1.82) is 0 Å². The molecule has 5 nitrogen and oxygen atoms in total. The molecule has 1 fully saturated rings. The van der Waals surface area contributed by atoms with Crippen molar-refractivity contribution in [2.45, 2.75) is 31.7 Å². The normalized spacial score (nSPS) is 24.4. The summed E-state index contributed by atoms with van der Waals surface area (Å²) in [6.45, 7) is 2.21. The zero-order valence-electron chi connectivity index (χ0n) is 8.39. The summed E-state index contributed by atoms with van der Waals surface area (Å²) in [4.78, 5) is 2.27. The summed E-state index contributed by atoms with van der Waals surface area (Å²) >= 11 is 0. The molecule has 1 unspecified atom stereocenters. The van der Waals surface area contributed by atoms with E-state index in [0.717, 1.165) is 32.4 Å². The van der Waals surface area contributed by atoms with Crippen molar-refractivity contribution in [1.82, 2.24) is 4.90 Å². The molecular formula is C9H19N3O2. The van der Waals surface area contributed by atoms with E-state index in [-0.39, 0.29) is 12.4 Å². The fourth-order valence-corrected chi connectivity index (χ4v) is 1.91. The predicted octanol–water partition coefficient (Wildman–Crippen LogP) is -0.0303.